The normalized spacial score (nSPS) is 12.0. The van der Waals surface area contributed by atoms with Gasteiger partial charge in [-0.05, 0) is 58.3 Å². The molecule has 0 aliphatic carbocycles. The molecule has 128 valence electrons. The number of hydrogen-bond donors (Lipinski definition) is 1. The molecule has 21 heavy (non-hydrogen) atoms. The molecule has 0 saturated heterocycles. The summed E-state index contributed by atoms with van der Waals surface area (Å²) in [4.78, 5) is 2.51. The second kappa shape index (κ2) is 14.8. The molecule has 0 fully saturated rings. The molecule has 0 heterocycles. The van der Waals surface area contributed by atoms with Crippen LogP contribution in [0.3, 0.4) is 0 Å². The van der Waals surface area contributed by atoms with Gasteiger partial charge in [0.1, 0.15) is 0 Å². The fourth-order valence-electron chi connectivity index (χ4n) is 2.66. The summed E-state index contributed by atoms with van der Waals surface area (Å²) < 4.78 is 0. The van der Waals surface area contributed by atoms with Crippen LogP contribution in [0.15, 0.2) is 0 Å². The van der Waals surface area contributed by atoms with Crippen LogP contribution < -0.4 is 5.32 Å². The van der Waals surface area contributed by atoms with Crippen LogP contribution in [0.1, 0.15) is 85.5 Å². The van der Waals surface area contributed by atoms with Crippen molar-refractivity contribution in [3.8, 4) is 0 Å². The molecular weight excluding hydrogens is 256 g/mol. The Hall–Kier alpha value is -0.0800. The minimum Gasteiger partial charge on any atom is -0.315 e. The van der Waals surface area contributed by atoms with E-state index >= 15 is 0 Å². The molecule has 0 aromatic rings. The van der Waals surface area contributed by atoms with Crippen molar-refractivity contribution in [3.05, 3.63) is 0 Å². The summed E-state index contributed by atoms with van der Waals surface area (Å²) in [7, 11) is 2.28. The van der Waals surface area contributed by atoms with Gasteiger partial charge in [0.2, 0.25) is 0 Å². The Morgan fingerprint density at radius 2 is 1.24 bits per heavy atom. The lowest BCUT2D eigenvalue weighted by atomic mass is 10.1. The van der Waals surface area contributed by atoms with E-state index in [0.717, 1.165) is 5.92 Å². The largest absolute Gasteiger partial charge is 0.315 e. The molecule has 0 spiro atoms. The quantitative estimate of drug-likeness (QED) is 0.424. The lowest BCUT2D eigenvalue weighted by Gasteiger charge is -2.17. The van der Waals surface area contributed by atoms with E-state index in [-0.39, 0.29) is 0 Å². The van der Waals surface area contributed by atoms with E-state index < -0.39 is 0 Å². The molecular formula is C19H42N2. The standard InChI is InChI=1S/C19H42N2/c1-18(2)14-13-17-21(5)16-12-10-8-6-7-9-11-15-20-19(3)4/h18-20H,6-17H2,1-5H3. The highest BCUT2D eigenvalue weighted by atomic mass is 15.1. The molecule has 2 nitrogen and oxygen atoms in total. The molecule has 0 aromatic heterocycles. The third kappa shape index (κ3) is 17.9. The summed E-state index contributed by atoms with van der Waals surface area (Å²) in [5.41, 5.74) is 0. The summed E-state index contributed by atoms with van der Waals surface area (Å²) in [5, 5.41) is 3.49. The lowest BCUT2D eigenvalue weighted by Crippen LogP contribution is -2.23. The van der Waals surface area contributed by atoms with Gasteiger partial charge in [-0.1, -0.05) is 59.8 Å². The third-order valence-electron chi connectivity index (χ3n) is 4.09. The van der Waals surface area contributed by atoms with Gasteiger partial charge in [0, 0.05) is 6.04 Å². The number of nitrogens with zero attached hydrogens (tertiary/aromatic N) is 1. The van der Waals surface area contributed by atoms with Crippen molar-refractivity contribution in [1.82, 2.24) is 10.2 Å². The van der Waals surface area contributed by atoms with Crippen LogP contribution in [0.5, 0.6) is 0 Å². The van der Waals surface area contributed by atoms with Gasteiger partial charge in [0.05, 0.1) is 0 Å². The van der Waals surface area contributed by atoms with Crippen molar-refractivity contribution in [2.24, 2.45) is 5.92 Å². The summed E-state index contributed by atoms with van der Waals surface area (Å²) in [6.07, 6.45) is 12.5. The van der Waals surface area contributed by atoms with E-state index in [4.69, 9.17) is 0 Å². The summed E-state index contributed by atoms with van der Waals surface area (Å²) in [6.45, 7) is 12.8. The van der Waals surface area contributed by atoms with Crippen molar-refractivity contribution < 1.29 is 0 Å². The van der Waals surface area contributed by atoms with Crippen LogP contribution >= 0.6 is 0 Å². The highest BCUT2D eigenvalue weighted by Crippen LogP contribution is 2.08. The Balaban J connectivity index is 3.14. The molecule has 0 radical (unpaired) electrons. The van der Waals surface area contributed by atoms with E-state index in [1.807, 2.05) is 0 Å². The molecule has 0 amide bonds. The lowest BCUT2D eigenvalue weighted by molar-refractivity contribution is 0.309. The Morgan fingerprint density at radius 3 is 1.81 bits per heavy atom. The fraction of sp³-hybridized carbons (Fsp3) is 1.00. The fourth-order valence-corrected chi connectivity index (χ4v) is 2.66. The predicted molar refractivity (Wildman–Crippen MR) is 97.0 cm³/mol. The van der Waals surface area contributed by atoms with Gasteiger partial charge in [-0.2, -0.15) is 0 Å². The molecule has 0 aliphatic heterocycles. The Kier molecular flexibility index (Phi) is 14.8. The second-order valence-electron chi connectivity index (χ2n) is 7.42. The highest BCUT2D eigenvalue weighted by molar-refractivity contribution is 4.56. The van der Waals surface area contributed by atoms with Crippen molar-refractivity contribution >= 4 is 0 Å². The van der Waals surface area contributed by atoms with E-state index in [1.165, 1.54) is 77.4 Å². The van der Waals surface area contributed by atoms with Crippen molar-refractivity contribution in [2.75, 3.05) is 26.7 Å². The van der Waals surface area contributed by atoms with Crippen LogP contribution in [0.2, 0.25) is 0 Å². The third-order valence-corrected chi connectivity index (χ3v) is 4.09. The molecule has 0 bridgehead atoms. The maximum atomic E-state index is 3.49. The number of unbranched alkanes of at least 4 members (excludes halogenated alkanes) is 6. The van der Waals surface area contributed by atoms with Gasteiger partial charge in [0.15, 0.2) is 0 Å². The molecule has 0 aromatic carbocycles. The van der Waals surface area contributed by atoms with Crippen LogP contribution in [0, 0.1) is 5.92 Å². The van der Waals surface area contributed by atoms with Crippen LogP contribution in [0.4, 0.5) is 0 Å². The van der Waals surface area contributed by atoms with E-state index in [1.54, 1.807) is 0 Å². The number of rotatable bonds is 15. The van der Waals surface area contributed by atoms with Crippen LogP contribution in [-0.2, 0) is 0 Å². The van der Waals surface area contributed by atoms with Gasteiger partial charge < -0.3 is 10.2 Å². The molecule has 0 saturated carbocycles. The van der Waals surface area contributed by atoms with Gasteiger partial charge in [-0.25, -0.2) is 0 Å². The zero-order valence-electron chi connectivity index (χ0n) is 15.6. The van der Waals surface area contributed by atoms with Gasteiger partial charge in [-0.3, -0.25) is 0 Å². The minimum atomic E-state index is 0.641. The van der Waals surface area contributed by atoms with E-state index in [2.05, 4.69) is 45.0 Å². The van der Waals surface area contributed by atoms with E-state index in [0.29, 0.717) is 6.04 Å². The van der Waals surface area contributed by atoms with Crippen molar-refractivity contribution in [3.63, 3.8) is 0 Å². The van der Waals surface area contributed by atoms with Crippen LogP contribution in [0.25, 0.3) is 0 Å². The maximum Gasteiger partial charge on any atom is 0.00103 e. The first kappa shape index (κ1) is 20.9. The first-order valence-corrected chi connectivity index (χ1v) is 9.44. The summed E-state index contributed by atoms with van der Waals surface area (Å²) >= 11 is 0. The SMILES string of the molecule is CC(C)CCCN(C)CCCCCCCCCNC(C)C. The first-order valence-electron chi connectivity index (χ1n) is 9.44. The topological polar surface area (TPSA) is 15.3 Å². The maximum absolute atomic E-state index is 3.49. The molecule has 0 rings (SSSR count). The average Bonchev–Trinajstić information content (AvgIpc) is 2.40. The molecule has 0 atom stereocenters. The minimum absolute atomic E-state index is 0.641. The zero-order chi connectivity index (χ0) is 15.9. The molecule has 1 N–H and O–H groups in total. The molecule has 2 heteroatoms. The number of nitrogens with one attached hydrogen (secondary N) is 1. The van der Waals surface area contributed by atoms with Crippen molar-refractivity contribution in [1.29, 1.82) is 0 Å². The molecule has 0 unspecified atom stereocenters. The molecule has 0 aliphatic rings. The monoisotopic (exact) mass is 298 g/mol. The Labute approximate surface area is 135 Å². The zero-order valence-corrected chi connectivity index (χ0v) is 15.6. The smallest absolute Gasteiger partial charge is 0.00103 e. The first-order chi connectivity index (χ1) is 10.0. The number of hydrogen-bond acceptors (Lipinski definition) is 2. The summed E-state index contributed by atoms with van der Waals surface area (Å²) in [5.74, 6) is 0.856. The average molecular weight is 299 g/mol. The van der Waals surface area contributed by atoms with Gasteiger partial charge >= 0.3 is 0 Å². The second-order valence-corrected chi connectivity index (χ2v) is 7.42. The Bertz CT molecular complexity index is 202. The highest BCUT2D eigenvalue weighted by Gasteiger charge is 2.00. The van der Waals surface area contributed by atoms with Crippen LogP contribution in [-0.4, -0.2) is 37.6 Å². The summed E-state index contributed by atoms with van der Waals surface area (Å²) in [6, 6.07) is 0.641. The predicted octanol–water partition coefficient (Wildman–Crippen LogP) is 5.08. The Morgan fingerprint density at radius 1 is 0.714 bits per heavy atom. The van der Waals surface area contributed by atoms with Crippen molar-refractivity contribution in [2.45, 2.75) is 91.5 Å². The van der Waals surface area contributed by atoms with Gasteiger partial charge in [-0.15, -0.1) is 0 Å². The van der Waals surface area contributed by atoms with Gasteiger partial charge in [0.25, 0.3) is 0 Å². The van der Waals surface area contributed by atoms with E-state index in [9.17, 15) is 0 Å².